The van der Waals surface area contributed by atoms with Gasteiger partial charge in [-0.3, -0.25) is 0 Å². The lowest BCUT2D eigenvalue weighted by molar-refractivity contribution is 0.282. The zero-order valence-electron chi connectivity index (χ0n) is 15.1. The van der Waals surface area contributed by atoms with E-state index in [-0.39, 0.29) is 0 Å². The van der Waals surface area contributed by atoms with E-state index in [2.05, 4.69) is 74.0 Å². The minimum absolute atomic E-state index is 0.830. The molecule has 20 heavy (non-hydrogen) atoms. The summed E-state index contributed by atoms with van der Waals surface area (Å²) in [4.78, 5) is 0. The molecule has 0 N–H and O–H groups in total. The van der Waals surface area contributed by atoms with E-state index in [1.165, 1.54) is 0 Å². The molecule has 0 radical (unpaired) electrons. The predicted molar refractivity (Wildman–Crippen MR) is 96.9 cm³/mol. The Morgan fingerprint density at radius 1 is 0.700 bits per heavy atom. The Hall–Kier alpha value is 0.708. The second kappa shape index (κ2) is 5.73. The maximum atomic E-state index is 6.21. The Morgan fingerprint density at radius 3 is 1.15 bits per heavy atom. The van der Waals surface area contributed by atoms with Crippen LogP contribution in [0.3, 0.4) is 0 Å². The monoisotopic (exact) mass is 350 g/mol. The molecule has 1 rings (SSSR count). The summed E-state index contributed by atoms with van der Waals surface area (Å²) in [6, 6.07) is 0. The van der Waals surface area contributed by atoms with Crippen LogP contribution < -0.4 is 0 Å². The fraction of sp³-hybridized carbons (Fsp3) is 1.00. The molecule has 120 valence electrons. The number of hydrogen-bond acceptors (Lipinski definition) is 4. The summed E-state index contributed by atoms with van der Waals surface area (Å²) >= 11 is 0. The van der Waals surface area contributed by atoms with Crippen molar-refractivity contribution in [2.75, 3.05) is 13.2 Å². The highest BCUT2D eigenvalue weighted by Gasteiger charge is 2.70. The minimum Gasteiger partial charge on any atom is -0.404 e. The van der Waals surface area contributed by atoms with Crippen LogP contribution in [0.4, 0.5) is 0 Å². The van der Waals surface area contributed by atoms with E-state index in [0.29, 0.717) is 0 Å². The van der Waals surface area contributed by atoms with Crippen LogP contribution in [0.15, 0.2) is 0 Å². The maximum Gasteiger partial charge on any atom is 0.253 e. The minimum atomic E-state index is -1.75. The van der Waals surface area contributed by atoms with Crippen molar-refractivity contribution in [2.24, 2.45) is 0 Å². The summed E-state index contributed by atoms with van der Waals surface area (Å²) < 4.78 is 18.2. The first kappa shape index (κ1) is 18.8. The number of rotatable bonds is 6. The van der Waals surface area contributed by atoms with Crippen LogP contribution in [-0.2, 0) is 8.85 Å². The van der Waals surface area contributed by atoms with Gasteiger partial charge in [0.15, 0.2) is 16.8 Å². The third-order valence-electron chi connectivity index (χ3n) is 4.26. The molecule has 0 atom stereocenters. The summed E-state index contributed by atoms with van der Waals surface area (Å²) in [6.07, 6.45) is 0. The first-order valence-corrected chi connectivity index (χ1v) is 19.2. The molecule has 1 heterocycles. The van der Waals surface area contributed by atoms with Crippen molar-refractivity contribution in [3.8, 4) is 0 Å². The van der Waals surface area contributed by atoms with E-state index in [9.17, 15) is 0 Å². The Bertz CT molecular complexity index is 315. The molecule has 0 aromatic carbocycles. The predicted octanol–water partition coefficient (Wildman–Crippen LogP) is 3.48. The van der Waals surface area contributed by atoms with Crippen molar-refractivity contribution in [3.63, 3.8) is 0 Å². The van der Waals surface area contributed by atoms with Crippen LogP contribution in [0.25, 0.3) is 0 Å². The molecule has 0 unspecified atom stereocenters. The van der Waals surface area contributed by atoms with E-state index in [0.717, 1.165) is 13.2 Å². The van der Waals surface area contributed by atoms with Crippen LogP contribution in [0, 0.1) is 0 Å². The van der Waals surface area contributed by atoms with Crippen molar-refractivity contribution in [1.82, 2.24) is 7.79 Å². The van der Waals surface area contributed by atoms with Crippen LogP contribution in [0.5, 0.6) is 0 Å². The SMILES string of the molecule is CCO[Si](C)(C)N1[Si](C)(C)N([Si](C)(C)OCC)[Si]1(C)C. The zero-order valence-corrected chi connectivity index (χ0v) is 19.1. The van der Waals surface area contributed by atoms with Gasteiger partial charge < -0.3 is 16.6 Å². The Kier molecular flexibility index (Phi) is 5.37. The van der Waals surface area contributed by atoms with Gasteiger partial charge in [0.05, 0.1) is 0 Å². The molecule has 8 heteroatoms. The van der Waals surface area contributed by atoms with Crippen molar-refractivity contribution in [3.05, 3.63) is 0 Å². The molecule has 0 bridgehead atoms. The second-order valence-corrected chi connectivity index (χ2v) is 25.1. The Morgan fingerprint density at radius 2 is 0.950 bits per heavy atom. The second-order valence-electron chi connectivity index (χ2n) is 7.42. The molecule has 1 aliphatic heterocycles. The molecular weight excluding hydrogens is 316 g/mol. The van der Waals surface area contributed by atoms with Crippen molar-refractivity contribution in [2.45, 2.75) is 66.2 Å². The van der Waals surface area contributed by atoms with Gasteiger partial charge in [-0.05, 0) is 66.2 Å². The summed E-state index contributed by atoms with van der Waals surface area (Å²) in [6.45, 7) is 25.3. The largest absolute Gasteiger partial charge is 0.404 e. The fourth-order valence-corrected chi connectivity index (χ4v) is 43.2. The van der Waals surface area contributed by atoms with E-state index in [1.807, 2.05) is 0 Å². The normalized spacial score (nSPS) is 23.7. The van der Waals surface area contributed by atoms with E-state index >= 15 is 0 Å². The topological polar surface area (TPSA) is 24.9 Å². The summed E-state index contributed by atoms with van der Waals surface area (Å²) in [7, 11) is -6.68. The van der Waals surface area contributed by atoms with Gasteiger partial charge in [0.25, 0.3) is 17.0 Å². The number of hydrogen-bond donors (Lipinski definition) is 0. The van der Waals surface area contributed by atoms with Crippen LogP contribution >= 0.6 is 0 Å². The quantitative estimate of drug-likeness (QED) is 0.685. The molecule has 0 aliphatic carbocycles. The first-order chi connectivity index (χ1) is 8.85. The lowest BCUT2D eigenvalue weighted by Crippen LogP contribution is -2.98. The molecule has 1 saturated heterocycles. The van der Waals surface area contributed by atoms with E-state index in [4.69, 9.17) is 8.85 Å². The first-order valence-electron chi connectivity index (χ1n) is 7.74. The molecule has 0 aromatic heterocycles. The molecule has 4 nitrogen and oxygen atoms in total. The molecule has 0 amide bonds. The Labute approximate surface area is 130 Å². The molecular formula is C12H34N2O2Si4. The average molecular weight is 351 g/mol. The van der Waals surface area contributed by atoms with Gasteiger partial charge >= 0.3 is 0 Å². The van der Waals surface area contributed by atoms with Crippen molar-refractivity contribution >= 4 is 33.8 Å². The fourth-order valence-electron chi connectivity index (χ4n) is 4.97. The van der Waals surface area contributed by atoms with Gasteiger partial charge in [0, 0.05) is 13.2 Å². The standard InChI is InChI=1S/C12H34N2O2Si4/c1-11-15-19(7,8)13-17(3,4)14(18(13,5)6)20(9,10)16-12-2/h11-12H2,1-10H3. The highest BCUT2D eigenvalue weighted by atomic mass is 28.6. The van der Waals surface area contributed by atoms with Gasteiger partial charge in [0.1, 0.15) is 0 Å². The van der Waals surface area contributed by atoms with Crippen molar-refractivity contribution in [1.29, 1.82) is 0 Å². The third kappa shape index (κ3) is 2.93. The van der Waals surface area contributed by atoms with Gasteiger partial charge in [-0.15, -0.1) is 0 Å². The summed E-state index contributed by atoms with van der Waals surface area (Å²) in [5, 5.41) is 0. The number of nitrogens with zero attached hydrogens (tertiary/aromatic N) is 2. The van der Waals surface area contributed by atoms with Gasteiger partial charge in [-0.1, -0.05) is 0 Å². The molecule has 1 fully saturated rings. The van der Waals surface area contributed by atoms with Crippen LogP contribution in [0.1, 0.15) is 13.8 Å². The summed E-state index contributed by atoms with van der Waals surface area (Å²) in [5.74, 6) is 0. The molecule has 0 aromatic rings. The zero-order chi connectivity index (χ0) is 16.0. The van der Waals surface area contributed by atoms with Crippen LogP contribution in [0.2, 0.25) is 52.4 Å². The van der Waals surface area contributed by atoms with E-state index < -0.39 is 33.8 Å². The smallest absolute Gasteiger partial charge is 0.253 e. The van der Waals surface area contributed by atoms with Gasteiger partial charge in [-0.2, -0.15) is 0 Å². The maximum absolute atomic E-state index is 6.21. The molecule has 1 aliphatic rings. The highest BCUT2D eigenvalue weighted by Crippen LogP contribution is 2.46. The van der Waals surface area contributed by atoms with Crippen LogP contribution in [-0.4, -0.2) is 54.8 Å². The highest BCUT2D eigenvalue weighted by molar-refractivity contribution is 7.18. The van der Waals surface area contributed by atoms with E-state index in [1.54, 1.807) is 0 Å². The van der Waals surface area contributed by atoms with Gasteiger partial charge in [-0.25, -0.2) is 0 Å². The van der Waals surface area contributed by atoms with Crippen molar-refractivity contribution < 1.29 is 8.85 Å². The van der Waals surface area contributed by atoms with Gasteiger partial charge in [0.2, 0.25) is 0 Å². The average Bonchev–Trinajstić information content (AvgIpc) is 2.11. The molecule has 0 saturated carbocycles. The molecule has 0 spiro atoms. The lowest BCUT2D eigenvalue weighted by Gasteiger charge is -2.74. The lowest BCUT2D eigenvalue weighted by atomic mass is 10.9. The third-order valence-corrected chi connectivity index (χ3v) is 32.4. The summed E-state index contributed by atoms with van der Waals surface area (Å²) in [5.41, 5.74) is 0. The Balaban J connectivity index is 3.12.